The molecule has 5 nitrogen and oxygen atoms in total. The summed E-state index contributed by atoms with van der Waals surface area (Å²) in [6.07, 6.45) is 3.45. The molecule has 1 N–H and O–H groups in total. The highest BCUT2D eigenvalue weighted by atomic mass is 19.1. The van der Waals surface area contributed by atoms with Crippen molar-refractivity contribution in [1.29, 1.82) is 0 Å². The minimum atomic E-state index is -0.246. The average Bonchev–Trinajstić information content (AvgIpc) is 2.59. The Balaban J connectivity index is 1.60. The van der Waals surface area contributed by atoms with Gasteiger partial charge in [-0.2, -0.15) is 0 Å². The summed E-state index contributed by atoms with van der Waals surface area (Å²) >= 11 is 0. The molecular formula is C20H30FN3O2. The van der Waals surface area contributed by atoms with E-state index in [1.807, 2.05) is 35.8 Å². The Labute approximate surface area is 155 Å². The summed E-state index contributed by atoms with van der Waals surface area (Å²) < 4.78 is 20.3. The lowest BCUT2D eigenvalue weighted by atomic mass is 10.0. The van der Waals surface area contributed by atoms with Gasteiger partial charge in [-0.05, 0) is 57.7 Å². The van der Waals surface area contributed by atoms with E-state index >= 15 is 0 Å². The number of carbonyl (C=O) groups is 1. The second-order valence-electron chi connectivity index (χ2n) is 7.64. The smallest absolute Gasteiger partial charge is 0.317 e. The number of anilines is 1. The topological polar surface area (TPSA) is 44.8 Å². The van der Waals surface area contributed by atoms with Crippen molar-refractivity contribution in [3.8, 4) is 0 Å². The number of halogens is 1. The predicted molar refractivity (Wildman–Crippen MR) is 101 cm³/mol. The third-order valence-corrected chi connectivity index (χ3v) is 5.28. The van der Waals surface area contributed by atoms with E-state index in [1.54, 1.807) is 0 Å². The number of amides is 2. The molecule has 3 unspecified atom stereocenters. The number of rotatable bonds is 3. The van der Waals surface area contributed by atoms with Gasteiger partial charge in [0.15, 0.2) is 0 Å². The molecule has 3 atom stereocenters. The van der Waals surface area contributed by atoms with E-state index in [2.05, 4.69) is 12.2 Å². The summed E-state index contributed by atoms with van der Waals surface area (Å²) in [5.74, 6) is -0.246. The van der Waals surface area contributed by atoms with Gasteiger partial charge in [-0.1, -0.05) is 6.07 Å². The van der Waals surface area contributed by atoms with Crippen LogP contribution in [0, 0.1) is 5.82 Å². The average molecular weight is 363 g/mol. The lowest BCUT2D eigenvalue weighted by Gasteiger charge is -2.37. The zero-order valence-electron chi connectivity index (χ0n) is 16.0. The molecule has 3 rings (SSSR count). The van der Waals surface area contributed by atoms with Gasteiger partial charge < -0.3 is 19.9 Å². The molecule has 144 valence electrons. The highest BCUT2D eigenvalue weighted by molar-refractivity contribution is 5.74. The molecule has 2 amide bonds. The van der Waals surface area contributed by atoms with E-state index < -0.39 is 0 Å². The van der Waals surface area contributed by atoms with E-state index in [0.717, 1.165) is 24.9 Å². The Hall–Kier alpha value is -1.82. The van der Waals surface area contributed by atoms with Gasteiger partial charge in [0.1, 0.15) is 5.82 Å². The van der Waals surface area contributed by atoms with Crippen LogP contribution in [0.5, 0.6) is 0 Å². The van der Waals surface area contributed by atoms with Crippen molar-refractivity contribution in [3.05, 3.63) is 29.6 Å². The van der Waals surface area contributed by atoms with Crippen molar-refractivity contribution in [2.75, 3.05) is 24.5 Å². The van der Waals surface area contributed by atoms with E-state index in [9.17, 15) is 9.18 Å². The van der Waals surface area contributed by atoms with Crippen LogP contribution in [-0.4, -0.2) is 48.8 Å². The highest BCUT2D eigenvalue weighted by Crippen LogP contribution is 2.24. The number of hydrogen-bond acceptors (Lipinski definition) is 3. The van der Waals surface area contributed by atoms with Crippen LogP contribution in [0.3, 0.4) is 0 Å². The minimum absolute atomic E-state index is 0.0579. The fourth-order valence-corrected chi connectivity index (χ4v) is 3.97. The van der Waals surface area contributed by atoms with Crippen LogP contribution in [-0.2, 0) is 11.3 Å². The first-order valence-electron chi connectivity index (χ1n) is 9.67. The van der Waals surface area contributed by atoms with Gasteiger partial charge >= 0.3 is 6.03 Å². The van der Waals surface area contributed by atoms with E-state index in [-0.39, 0.29) is 30.1 Å². The minimum Gasteiger partial charge on any atom is -0.372 e. The van der Waals surface area contributed by atoms with Crippen LogP contribution in [0.1, 0.15) is 45.6 Å². The van der Waals surface area contributed by atoms with Gasteiger partial charge in [0.05, 0.1) is 17.9 Å². The fourth-order valence-electron chi connectivity index (χ4n) is 3.97. The van der Waals surface area contributed by atoms with Gasteiger partial charge in [-0.25, -0.2) is 9.18 Å². The monoisotopic (exact) mass is 363 g/mol. The van der Waals surface area contributed by atoms with Gasteiger partial charge in [-0.15, -0.1) is 0 Å². The number of morpholine rings is 1. The van der Waals surface area contributed by atoms with Crippen LogP contribution in [0.2, 0.25) is 0 Å². The Bertz CT molecular complexity index is 629. The fraction of sp³-hybridized carbons (Fsp3) is 0.650. The molecule has 2 aliphatic heterocycles. The maximum Gasteiger partial charge on any atom is 0.317 e. The number of ether oxygens (including phenoxy) is 1. The highest BCUT2D eigenvalue weighted by Gasteiger charge is 2.25. The van der Waals surface area contributed by atoms with Crippen LogP contribution in [0.15, 0.2) is 18.2 Å². The van der Waals surface area contributed by atoms with Crippen LogP contribution in [0.4, 0.5) is 14.9 Å². The number of benzene rings is 1. The number of piperidine rings is 1. The Morgan fingerprint density at radius 2 is 1.96 bits per heavy atom. The molecule has 0 aliphatic carbocycles. The van der Waals surface area contributed by atoms with Crippen LogP contribution in [0.25, 0.3) is 0 Å². The maximum absolute atomic E-state index is 14.6. The number of nitrogens with zero attached hydrogens (tertiary/aromatic N) is 2. The zero-order chi connectivity index (χ0) is 18.7. The number of likely N-dealkylation sites (tertiary alicyclic amines) is 1. The lowest BCUT2D eigenvalue weighted by Crippen LogP contribution is -2.47. The number of urea groups is 1. The molecule has 2 fully saturated rings. The molecule has 26 heavy (non-hydrogen) atoms. The second kappa shape index (κ2) is 8.25. The van der Waals surface area contributed by atoms with Gasteiger partial charge in [-0.3, -0.25) is 0 Å². The van der Waals surface area contributed by atoms with Crippen LogP contribution >= 0.6 is 0 Å². The van der Waals surface area contributed by atoms with Crippen molar-refractivity contribution in [2.45, 2.75) is 64.8 Å². The zero-order valence-corrected chi connectivity index (χ0v) is 16.0. The first kappa shape index (κ1) is 19.0. The Morgan fingerprint density at radius 3 is 2.62 bits per heavy atom. The van der Waals surface area contributed by atoms with Crippen molar-refractivity contribution >= 4 is 11.7 Å². The number of nitrogens with one attached hydrogen (secondary N) is 1. The van der Waals surface area contributed by atoms with Crippen molar-refractivity contribution < 1.29 is 13.9 Å². The van der Waals surface area contributed by atoms with E-state index in [1.165, 1.54) is 12.5 Å². The molecule has 6 heteroatoms. The maximum atomic E-state index is 14.6. The third-order valence-electron chi connectivity index (χ3n) is 5.28. The molecular weight excluding hydrogens is 333 g/mol. The first-order chi connectivity index (χ1) is 12.4. The summed E-state index contributed by atoms with van der Waals surface area (Å²) in [5.41, 5.74) is 1.38. The quantitative estimate of drug-likeness (QED) is 0.894. The summed E-state index contributed by atoms with van der Waals surface area (Å²) in [7, 11) is 0. The molecule has 2 heterocycles. The predicted octanol–water partition coefficient (Wildman–Crippen LogP) is 3.52. The second-order valence-corrected chi connectivity index (χ2v) is 7.64. The molecule has 1 aromatic rings. The van der Waals surface area contributed by atoms with Crippen molar-refractivity contribution in [3.63, 3.8) is 0 Å². The lowest BCUT2D eigenvalue weighted by molar-refractivity contribution is -0.00539. The third kappa shape index (κ3) is 4.47. The SMILES string of the molecule is CC1CN(c2ccc(CNC(=O)N3CCCCC3C)cc2F)CC(C)O1. The molecule has 0 radical (unpaired) electrons. The molecule has 0 bridgehead atoms. The van der Waals surface area contributed by atoms with E-state index in [0.29, 0.717) is 25.3 Å². The molecule has 1 aromatic carbocycles. The molecule has 2 aliphatic rings. The standard InChI is InChI=1S/C20H30FN3O2/c1-14-6-4-5-9-24(14)20(25)22-11-17-7-8-19(18(21)10-17)23-12-15(2)26-16(3)13-23/h7-8,10,14-16H,4-6,9,11-13H2,1-3H3,(H,22,25). The summed E-state index contributed by atoms with van der Waals surface area (Å²) in [5, 5.41) is 2.93. The Kier molecular flexibility index (Phi) is 6.01. The van der Waals surface area contributed by atoms with Crippen molar-refractivity contribution in [1.82, 2.24) is 10.2 Å². The molecule has 0 spiro atoms. The normalized spacial score (nSPS) is 26.7. The first-order valence-corrected chi connectivity index (χ1v) is 9.67. The summed E-state index contributed by atoms with van der Waals surface area (Å²) in [6, 6.07) is 5.44. The van der Waals surface area contributed by atoms with Crippen molar-refractivity contribution in [2.24, 2.45) is 0 Å². The van der Waals surface area contributed by atoms with E-state index in [4.69, 9.17) is 4.74 Å². The molecule has 0 aromatic heterocycles. The summed E-state index contributed by atoms with van der Waals surface area (Å²) in [4.78, 5) is 16.3. The van der Waals surface area contributed by atoms with Gasteiger partial charge in [0, 0.05) is 32.2 Å². The van der Waals surface area contributed by atoms with Gasteiger partial charge in [0.2, 0.25) is 0 Å². The van der Waals surface area contributed by atoms with Gasteiger partial charge in [0.25, 0.3) is 0 Å². The largest absolute Gasteiger partial charge is 0.372 e. The summed E-state index contributed by atoms with van der Waals surface area (Å²) in [6.45, 7) is 8.60. The van der Waals surface area contributed by atoms with Crippen LogP contribution < -0.4 is 10.2 Å². The molecule has 0 saturated carbocycles. The number of carbonyl (C=O) groups excluding carboxylic acids is 1. The number of hydrogen-bond donors (Lipinski definition) is 1. The molecule has 2 saturated heterocycles. The Morgan fingerprint density at radius 1 is 1.23 bits per heavy atom.